The maximum Gasteiger partial charge on any atom is 0.255 e. The van der Waals surface area contributed by atoms with Crippen LogP contribution >= 0.6 is 11.3 Å². The minimum Gasteiger partial charge on any atom is -0.332 e. The van der Waals surface area contributed by atoms with Gasteiger partial charge in [-0.3, -0.25) is 14.5 Å². The van der Waals surface area contributed by atoms with Crippen LogP contribution in [-0.2, 0) is 24.2 Å². The molecule has 1 saturated carbocycles. The maximum absolute atomic E-state index is 13.0. The minimum atomic E-state index is -0.109. The molecule has 1 atom stereocenters. The molecule has 2 aliphatic heterocycles. The van der Waals surface area contributed by atoms with Crippen LogP contribution in [0.5, 0.6) is 0 Å². The van der Waals surface area contributed by atoms with Crippen molar-refractivity contribution in [3.05, 3.63) is 49.8 Å². The van der Waals surface area contributed by atoms with Gasteiger partial charge in [0.1, 0.15) is 5.82 Å². The van der Waals surface area contributed by atoms with E-state index in [4.69, 9.17) is 4.98 Å². The lowest BCUT2D eigenvalue weighted by Gasteiger charge is -2.38. The number of H-pyrrole nitrogens is 1. The molecule has 1 aliphatic carbocycles. The molecule has 2 aromatic heterocycles. The number of nitrogens with one attached hydrogen (secondary N) is 1. The zero-order valence-electron chi connectivity index (χ0n) is 18.3. The number of nitrogens with zero attached hydrogens (tertiary/aromatic N) is 3. The summed E-state index contributed by atoms with van der Waals surface area (Å²) in [5.41, 5.74) is 2.83. The molecule has 0 spiro atoms. The fourth-order valence-corrected chi connectivity index (χ4v) is 6.23. The van der Waals surface area contributed by atoms with Crippen LogP contribution in [0.2, 0.25) is 0 Å². The highest BCUT2D eigenvalue weighted by molar-refractivity contribution is 7.08. The lowest BCUT2D eigenvalue weighted by molar-refractivity contribution is -0.131. The van der Waals surface area contributed by atoms with Crippen LogP contribution in [0.15, 0.2) is 21.6 Å². The van der Waals surface area contributed by atoms with E-state index >= 15 is 0 Å². The topological polar surface area (TPSA) is 69.3 Å². The van der Waals surface area contributed by atoms with Crippen LogP contribution in [0.4, 0.5) is 0 Å². The molecule has 7 heteroatoms. The summed E-state index contributed by atoms with van der Waals surface area (Å²) in [6.45, 7) is 4.77. The zero-order valence-corrected chi connectivity index (χ0v) is 19.1. The van der Waals surface area contributed by atoms with Crippen LogP contribution in [-0.4, -0.2) is 44.8 Å². The van der Waals surface area contributed by atoms with E-state index in [1.54, 1.807) is 11.3 Å². The molecule has 1 saturated heterocycles. The molecule has 166 valence electrons. The van der Waals surface area contributed by atoms with E-state index in [2.05, 4.69) is 16.8 Å². The Morgan fingerprint density at radius 3 is 2.84 bits per heavy atom. The molecule has 1 unspecified atom stereocenters. The number of rotatable bonds is 4. The molecule has 2 fully saturated rings. The van der Waals surface area contributed by atoms with Crippen molar-refractivity contribution in [3.63, 3.8) is 0 Å². The van der Waals surface area contributed by atoms with Gasteiger partial charge in [0, 0.05) is 32.1 Å². The number of hydrogen-bond donors (Lipinski definition) is 1. The van der Waals surface area contributed by atoms with Crippen LogP contribution in [0, 0.1) is 5.92 Å². The van der Waals surface area contributed by atoms with E-state index < -0.39 is 0 Å². The summed E-state index contributed by atoms with van der Waals surface area (Å²) < 4.78 is 0. The Morgan fingerprint density at radius 1 is 1.23 bits per heavy atom. The van der Waals surface area contributed by atoms with Crippen molar-refractivity contribution in [3.8, 4) is 0 Å². The van der Waals surface area contributed by atoms with Crippen molar-refractivity contribution in [2.24, 2.45) is 5.92 Å². The summed E-state index contributed by atoms with van der Waals surface area (Å²) in [7, 11) is 0. The number of fused-ring (bicyclic) bond motifs is 1. The van der Waals surface area contributed by atoms with Crippen molar-refractivity contribution in [1.82, 2.24) is 19.8 Å². The molecule has 5 rings (SSSR count). The molecular weight excluding hydrogens is 408 g/mol. The summed E-state index contributed by atoms with van der Waals surface area (Å²) in [5.74, 6) is 1.64. The predicted octanol–water partition coefficient (Wildman–Crippen LogP) is 3.67. The van der Waals surface area contributed by atoms with Crippen LogP contribution < -0.4 is 5.56 Å². The van der Waals surface area contributed by atoms with Crippen LogP contribution in [0.3, 0.4) is 0 Å². The van der Waals surface area contributed by atoms with E-state index in [0.29, 0.717) is 24.8 Å². The largest absolute Gasteiger partial charge is 0.332 e. The van der Waals surface area contributed by atoms with Crippen molar-refractivity contribution >= 4 is 17.2 Å². The average Bonchev–Trinajstić information content (AvgIpc) is 3.46. The van der Waals surface area contributed by atoms with Gasteiger partial charge < -0.3 is 9.88 Å². The first-order chi connectivity index (χ1) is 15.1. The Morgan fingerprint density at radius 2 is 2.06 bits per heavy atom. The van der Waals surface area contributed by atoms with Crippen molar-refractivity contribution in [2.45, 2.75) is 76.9 Å². The molecule has 3 aliphatic rings. The third-order valence-electron chi connectivity index (χ3n) is 7.44. The molecule has 1 amide bonds. The first-order valence-electron chi connectivity index (χ1n) is 11.7. The van der Waals surface area contributed by atoms with Gasteiger partial charge in [0.2, 0.25) is 5.91 Å². The molecule has 0 aromatic carbocycles. The van der Waals surface area contributed by atoms with E-state index in [1.165, 1.54) is 25.7 Å². The van der Waals surface area contributed by atoms with Crippen molar-refractivity contribution in [2.75, 3.05) is 13.1 Å². The summed E-state index contributed by atoms with van der Waals surface area (Å²) in [6.07, 6.45) is 8.12. The molecule has 31 heavy (non-hydrogen) atoms. The predicted molar refractivity (Wildman–Crippen MR) is 122 cm³/mol. The Balaban J connectivity index is 1.32. The summed E-state index contributed by atoms with van der Waals surface area (Å²) in [5, 5.41) is 4.03. The number of hydrogen-bond acceptors (Lipinski definition) is 5. The van der Waals surface area contributed by atoms with E-state index in [9.17, 15) is 9.59 Å². The van der Waals surface area contributed by atoms with Gasteiger partial charge in [-0.2, -0.15) is 11.3 Å². The first-order valence-corrected chi connectivity index (χ1v) is 12.7. The van der Waals surface area contributed by atoms with Gasteiger partial charge >= 0.3 is 0 Å². The molecular formula is C24H32N4O2S. The number of carbonyl (C=O) groups excluding carboxylic acids is 1. The highest BCUT2D eigenvalue weighted by atomic mass is 32.1. The SMILES string of the molecule is CC1CCC(N2CCc3nc(C4CCCN4C(=O)Cc4ccsc4)[nH]c(=O)c3C2)CC1. The number of aromatic nitrogens is 2. The molecule has 0 bridgehead atoms. The zero-order chi connectivity index (χ0) is 21.4. The molecule has 6 nitrogen and oxygen atoms in total. The van der Waals surface area contributed by atoms with E-state index in [0.717, 1.165) is 55.1 Å². The number of aromatic amines is 1. The standard InChI is InChI=1S/C24H32N4O2S/c1-16-4-6-18(7-5-16)27-11-8-20-19(14-27)24(30)26-23(25-20)21-3-2-10-28(21)22(29)13-17-9-12-31-15-17/h9,12,15-16,18,21H,2-8,10-11,13-14H2,1H3,(H,25,26,30). The summed E-state index contributed by atoms with van der Waals surface area (Å²) >= 11 is 1.61. The Hall–Kier alpha value is -1.99. The number of carbonyl (C=O) groups is 1. The second kappa shape index (κ2) is 8.87. The van der Waals surface area contributed by atoms with Gasteiger partial charge in [0.15, 0.2) is 0 Å². The highest BCUT2D eigenvalue weighted by Gasteiger charge is 2.34. The Labute approximate surface area is 187 Å². The van der Waals surface area contributed by atoms with E-state index in [-0.39, 0.29) is 17.5 Å². The van der Waals surface area contributed by atoms with Crippen molar-refractivity contribution in [1.29, 1.82) is 0 Å². The highest BCUT2D eigenvalue weighted by Crippen LogP contribution is 2.32. The first kappa shape index (κ1) is 20.9. The third kappa shape index (κ3) is 4.35. The molecule has 4 heterocycles. The lowest BCUT2D eigenvalue weighted by Crippen LogP contribution is -2.44. The Kier molecular flexibility index (Phi) is 5.97. The van der Waals surface area contributed by atoms with Gasteiger partial charge in [-0.1, -0.05) is 6.92 Å². The van der Waals surface area contributed by atoms with Gasteiger partial charge in [-0.25, -0.2) is 4.98 Å². The second-order valence-corrected chi connectivity index (χ2v) is 10.3. The number of thiophene rings is 1. The summed E-state index contributed by atoms with van der Waals surface area (Å²) in [4.78, 5) is 38.3. The monoisotopic (exact) mass is 440 g/mol. The minimum absolute atomic E-state index is 0.00832. The van der Waals surface area contributed by atoms with Gasteiger partial charge in [-0.15, -0.1) is 0 Å². The smallest absolute Gasteiger partial charge is 0.255 e. The van der Waals surface area contributed by atoms with Gasteiger partial charge in [0.25, 0.3) is 5.56 Å². The van der Waals surface area contributed by atoms with Crippen LogP contribution in [0.1, 0.15) is 74.1 Å². The summed E-state index contributed by atoms with van der Waals surface area (Å²) in [6, 6.07) is 2.50. The van der Waals surface area contributed by atoms with Crippen molar-refractivity contribution < 1.29 is 4.79 Å². The molecule has 1 N–H and O–H groups in total. The fraction of sp³-hybridized carbons (Fsp3) is 0.625. The molecule has 0 radical (unpaired) electrons. The molecule has 2 aromatic rings. The number of amides is 1. The second-order valence-electron chi connectivity index (χ2n) is 9.56. The fourth-order valence-electron chi connectivity index (χ4n) is 5.56. The number of likely N-dealkylation sites (tertiary alicyclic amines) is 1. The third-order valence-corrected chi connectivity index (χ3v) is 8.17. The Bertz CT molecular complexity index is 978. The van der Waals surface area contributed by atoms with E-state index in [1.807, 2.05) is 21.7 Å². The van der Waals surface area contributed by atoms with Gasteiger partial charge in [-0.05, 0) is 66.8 Å². The van der Waals surface area contributed by atoms with Crippen LogP contribution in [0.25, 0.3) is 0 Å². The quantitative estimate of drug-likeness (QED) is 0.788. The lowest BCUT2D eigenvalue weighted by atomic mass is 9.86. The normalized spacial score (nSPS) is 26.7. The average molecular weight is 441 g/mol. The maximum atomic E-state index is 13.0. The van der Waals surface area contributed by atoms with Gasteiger partial charge in [0.05, 0.1) is 23.7 Å².